The van der Waals surface area contributed by atoms with Gasteiger partial charge in [-0.15, -0.1) is 0 Å². The quantitative estimate of drug-likeness (QED) is 0.829. The van der Waals surface area contributed by atoms with Gasteiger partial charge in [-0.05, 0) is 30.8 Å². The highest BCUT2D eigenvalue weighted by atomic mass is 19.1. The molecule has 1 N–H and O–H groups in total. The largest absolute Gasteiger partial charge is 0.494 e. The third-order valence-electron chi connectivity index (χ3n) is 2.89. The topological polar surface area (TPSA) is 32.7 Å². The maximum atomic E-state index is 13.5. The molecular weight excluding hydrogens is 221 g/mol. The maximum absolute atomic E-state index is 13.5. The fourth-order valence-electron chi connectivity index (χ4n) is 1.72. The van der Waals surface area contributed by atoms with Crippen molar-refractivity contribution >= 4 is 0 Å². The SMILES string of the molecule is CCN(CC)CC(O)c1ccc(OC)c(F)c1. The highest BCUT2D eigenvalue weighted by molar-refractivity contribution is 5.30. The molecule has 0 radical (unpaired) electrons. The number of ether oxygens (including phenoxy) is 1. The Labute approximate surface area is 102 Å². The number of hydrogen-bond acceptors (Lipinski definition) is 3. The van der Waals surface area contributed by atoms with Crippen molar-refractivity contribution in [2.75, 3.05) is 26.7 Å². The van der Waals surface area contributed by atoms with Crippen molar-refractivity contribution in [2.24, 2.45) is 0 Å². The molecule has 0 saturated carbocycles. The highest BCUT2D eigenvalue weighted by Gasteiger charge is 2.13. The minimum Gasteiger partial charge on any atom is -0.494 e. The fourth-order valence-corrected chi connectivity index (χ4v) is 1.72. The van der Waals surface area contributed by atoms with E-state index < -0.39 is 11.9 Å². The van der Waals surface area contributed by atoms with Crippen LogP contribution in [0, 0.1) is 5.82 Å². The van der Waals surface area contributed by atoms with E-state index in [2.05, 4.69) is 4.90 Å². The minimum atomic E-state index is -0.671. The second-order valence-corrected chi connectivity index (χ2v) is 3.90. The summed E-state index contributed by atoms with van der Waals surface area (Å²) in [5.41, 5.74) is 0.579. The van der Waals surface area contributed by atoms with Gasteiger partial charge in [0.25, 0.3) is 0 Å². The number of aliphatic hydroxyl groups is 1. The summed E-state index contributed by atoms with van der Waals surface area (Å²) in [6.07, 6.45) is -0.671. The molecule has 1 rings (SSSR count). The summed E-state index contributed by atoms with van der Waals surface area (Å²) in [5.74, 6) is -0.243. The summed E-state index contributed by atoms with van der Waals surface area (Å²) >= 11 is 0. The van der Waals surface area contributed by atoms with Crippen LogP contribution in [0.3, 0.4) is 0 Å². The van der Waals surface area contributed by atoms with E-state index in [1.807, 2.05) is 13.8 Å². The monoisotopic (exact) mass is 241 g/mol. The molecule has 0 aromatic heterocycles. The van der Waals surface area contributed by atoms with Crippen molar-refractivity contribution in [3.63, 3.8) is 0 Å². The molecule has 0 spiro atoms. The van der Waals surface area contributed by atoms with Gasteiger partial charge in [-0.3, -0.25) is 0 Å². The fraction of sp³-hybridized carbons (Fsp3) is 0.538. The lowest BCUT2D eigenvalue weighted by Crippen LogP contribution is -2.28. The van der Waals surface area contributed by atoms with Gasteiger partial charge in [-0.1, -0.05) is 19.9 Å². The van der Waals surface area contributed by atoms with Crippen molar-refractivity contribution < 1.29 is 14.2 Å². The molecule has 0 aliphatic heterocycles. The molecule has 1 unspecified atom stereocenters. The Hall–Kier alpha value is -1.13. The Balaban J connectivity index is 2.75. The van der Waals surface area contributed by atoms with Crippen LogP contribution in [0.4, 0.5) is 4.39 Å². The van der Waals surface area contributed by atoms with Crippen LogP contribution in [0.2, 0.25) is 0 Å². The Morgan fingerprint density at radius 1 is 1.35 bits per heavy atom. The second-order valence-electron chi connectivity index (χ2n) is 3.90. The molecule has 0 fully saturated rings. The molecule has 0 aliphatic carbocycles. The van der Waals surface area contributed by atoms with Gasteiger partial charge in [0.15, 0.2) is 11.6 Å². The van der Waals surface area contributed by atoms with E-state index in [9.17, 15) is 9.50 Å². The molecule has 0 aliphatic rings. The Bertz CT molecular complexity index is 353. The summed E-state index contributed by atoms with van der Waals surface area (Å²) < 4.78 is 18.3. The summed E-state index contributed by atoms with van der Waals surface area (Å²) in [4.78, 5) is 2.09. The van der Waals surface area contributed by atoms with Gasteiger partial charge >= 0.3 is 0 Å². The van der Waals surface area contributed by atoms with Crippen molar-refractivity contribution in [2.45, 2.75) is 20.0 Å². The molecule has 0 amide bonds. The van der Waals surface area contributed by atoms with Crippen LogP contribution < -0.4 is 4.74 Å². The normalized spacial score (nSPS) is 12.8. The number of halogens is 1. The predicted octanol–water partition coefficient (Wildman–Crippen LogP) is 2.21. The molecule has 0 heterocycles. The lowest BCUT2D eigenvalue weighted by molar-refractivity contribution is 0.118. The lowest BCUT2D eigenvalue weighted by Gasteiger charge is -2.22. The van der Waals surface area contributed by atoms with Gasteiger partial charge in [0.2, 0.25) is 0 Å². The number of hydrogen-bond donors (Lipinski definition) is 1. The van der Waals surface area contributed by atoms with E-state index >= 15 is 0 Å². The first-order chi connectivity index (χ1) is 8.12. The zero-order valence-corrected chi connectivity index (χ0v) is 10.6. The smallest absolute Gasteiger partial charge is 0.165 e. The zero-order valence-electron chi connectivity index (χ0n) is 10.6. The minimum absolute atomic E-state index is 0.198. The van der Waals surface area contributed by atoms with E-state index in [1.165, 1.54) is 19.2 Å². The Morgan fingerprint density at radius 2 is 2.00 bits per heavy atom. The first kappa shape index (κ1) is 13.9. The first-order valence-corrected chi connectivity index (χ1v) is 5.86. The van der Waals surface area contributed by atoms with Crippen molar-refractivity contribution in [1.82, 2.24) is 4.90 Å². The number of rotatable bonds is 6. The van der Waals surface area contributed by atoms with Crippen LogP contribution in [0.5, 0.6) is 5.75 Å². The average molecular weight is 241 g/mol. The second kappa shape index (κ2) is 6.57. The van der Waals surface area contributed by atoms with Gasteiger partial charge < -0.3 is 14.7 Å². The molecule has 0 saturated heterocycles. The molecule has 1 aromatic carbocycles. The summed E-state index contributed by atoms with van der Waals surface area (Å²) in [6.45, 7) is 6.31. The predicted molar refractivity (Wildman–Crippen MR) is 65.7 cm³/mol. The Morgan fingerprint density at radius 3 is 2.47 bits per heavy atom. The van der Waals surface area contributed by atoms with Crippen LogP contribution >= 0.6 is 0 Å². The molecule has 1 atom stereocenters. The standard InChI is InChI=1S/C13H20FNO2/c1-4-15(5-2)9-12(16)10-6-7-13(17-3)11(14)8-10/h6-8,12,16H,4-5,9H2,1-3H3. The molecule has 4 heteroatoms. The first-order valence-electron chi connectivity index (χ1n) is 5.86. The van der Waals surface area contributed by atoms with E-state index in [1.54, 1.807) is 6.07 Å². The summed E-state index contributed by atoms with van der Waals surface area (Å²) in [6, 6.07) is 4.55. The van der Waals surface area contributed by atoms with E-state index in [-0.39, 0.29) is 5.75 Å². The molecular formula is C13H20FNO2. The Kier molecular flexibility index (Phi) is 5.38. The summed E-state index contributed by atoms with van der Waals surface area (Å²) in [5, 5.41) is 9.99. The molecule has 1 aromatic rings. The van der Waals surface area contributed by atoms with Gasteiger partial charge in [0, 0.05) is 6.54 Å². The van der Waals surface area contributed by atoms with Crippen LogP contribution in [0.15, 0.2) is 18.2 Å². The van der Waals surface area contributed by atoms with Crippen molar-refractivity contribution in [1.29, 1.82) is 0 Å². The van der Waals surface area contributed by atoms with Crippen molar-refractivity contribution in [3.8, 4) is 5.75 Å². The third kappa shape index (κ3) is 3.68. The zero-order chi connectivity index (χ0) is 12.8. The number of likely N-dealkylation sites (N-methyl/N-ethyl adjacent to an activating group) is 1. The van der Waals surface area contributed by atoms with Gasteiger partial charge in [-0.2, -0.15) is 0 Å². The average Bonchev–Trinajstić information content (AvgIpc) is 2.35. The molecule has 0 bridgehead atoms. The summed E-state index contributed by atoms with van der Waals surface area (Å²) in [7, 11) is 1.42. The van der Waals surface area contributed by atoms with Crippen LogP contribution in [-0.4, -0.2) is 36.8 Å². The molecule has 3 nitrogen and oxygen atoms in total. The van der Waals surface area contributed by atoms with Gasteiger partial charge in [-0.25, -0.2) is 4.39 Å². The van der Waals surface area contributed by atoms with E-state index in [0.717, 1.165) is 13.1 Å². The number of aliphatic hydroxyl groups excluding tert-OH is 1. The third-order valence-corrected chi connectivity index (χ3v) is 2.89. The number of methoxy groups -OCH3 is 1. The highest BCUT2D eigenvalue weighted by Crippen LogP contribution is 2.22. The van der Waals surface area contributed by atoms with Gasteiger partial charge in [0.05, 0.1) is 13.2 Å². The number of nitrogens with zero attached hydrogens (tertiary/aromatic N) is 1. The van der Waals surface area contributed by atoms with Crippen LogP contribution in [0.1, 0.15) is 25.5 Å². The molecule has 96 valence electrons. The maximum Gasteiger partial charge on any atom is 0.165 e. The van der Waals surface area contributed by atoms with Crippen molar-refractivity contribution in [3.05, 3.63) is 29.6 Å². The lowest BCUT2D eigenvalue weighted by atomic mass is 10.1. The molecule has 17 heavy (non-hydrogen) atoms. The van der Waals surface area contributed by atoms with E-state index in [0.29, 0.717) is 12.1 Å². The number of benzene rings is 1. The van der Waals surface area contributed by atoms with E-state index in [4.69, 9.17) is 4.74 Å². The van der Waals surface area contributed by atoms with Crippen LogP contribution in [-0.2, 0) is 0 Å². The van der Waals surface area contributed by atoms with Gasteiger partial charge in [0.1, 0.15) is 0 Å². The van der Waals surface area contributed by atoms with Crippen LogP contribution in [0.25, 0.3) is 0 Å².